The Balaban J connectivity index is 2.97. The highest BCUT2D eigenvalue weighted by molar-refractivity contribution is 5.32. The zero-order valence-corrected chi connectivity index (χ0v) is 10.1. The van der Waals surface area contributed by atoms with Crippen LogP contribution in [-0.2, 0) is 19.0 Å². The first-order chi connectivity index (χ1) is 7.82. The van der Waals surface area contributed by atoms with Crippen LogP contribution in [0, 0.1) is 0 Å². The largest absolute Gasteiger partial charge is 0.416 e. The highest BCUT2D eigenvalue weighted by Crippen LogP contribution is 2.31. The Morgan fingerprint density at radius 2 is 1.76 bits per heavy atom. The molecule has 0 saturated heterocycles. The Labute approximate surface area is 99.8 Å². The van der Waals surface area contributed by atoms with E-state index in [-0.39, 0.29) is 6.04 Å². The van der Waals surface area contributed by atoms with Crippen molar-refractivity contribution in [3.8, 4) is 0 Å². The van der Waals surface area contributed by atoms with Crippen molar-refractivity contribution in [1.82, 2.24) is 0 Å². The van der Waals surface area contributed by atoms with Gasteiger partial charge < -0.3 is 5.73 Å². The molecule has 1 aromatic carbocycles. The zero-order valence-electron chi connectivity index (χ0n) is 10.1. The lowest BCUT2D eigenvalue weighted by molar-refractivity contribution is -0.137. The summed E-state index contributed by atoms with van der Waals surface area (Å²) in [6, 6.07) is 4.28. The Kier molecular flexibility index (Phi) is 4.57. The molecule has 0 amide bonds. The van der Waals surface area contributed by atoms with Crippen molar-refractivity contribution in [2.75, 3.05) is 0 Å². The van der Waals surface area contributed by atoms with Crippen LogP contribution in [0.15, 0.2) is 18.2 Å². The normalized spacial score (nSPS) is 13.8. The summed E-state index contributed by atoms with van der Waals surface area (Å²) in [5, 5.41) is 0. The minimum Gasteiger partial charge on any atom is -0.328 e. The average molecular weight is 245 g/mol. The minimum absolute atomic E-state index is 0.00891. The minimum atomic E-state index is -4.27. The van der Waals surface area contributed by atoms with E-state index in [2.05, 4.69) is 0 Å². The lowest BCUT2D eigenvalue weighted by atomic mass is 9.99. The van der Waals surface area contributed by atoms with Gasteiger partial charge in [-0.1, -0.05) is 13.0 Å². The van der Waals surface area contributed by atoms with Gasteiger partial charge >= 0.3 is 6.18 Å². The molecule has 0 spiro atoms. The number of hydrogen-bond donors (Lipinski definition) is 1. The average Bonchev–Trinajstić information content (AvgIpc) is 2.24. The summed E-state index contributed by atoms with van der Waals surface area (Å²) in [6.07, 6.45) is -2.37. The van der Waals surface area contributed by atoms with Crippen LogP contribution in [0.3, 0.4) is 0 Å². The fourth-order valence-electron chi connectivity index (χ4n) is 1.67. The summed E-state index contributed by atoms with van der Waals surface area (Å²) in [5.41, 5.74) is 6.49. The third kappa shape index (κ3) is 4.38. The van der Waals surface area contributed by atoms with Gasteiger partial charge in [-0.2, -0.15) is 13.2 Å². The van der Waals surface area contributed by atoms with Crippen molar-refractivity contribution in [2.24, 2.45) is 5.73 Å². The number of nitrogens with two attached hydrogens (primary N) is 1. The van der Waals surface area contributed by atoms with E-state index in [1.54, 1.807) is 0 Å². The van der Waals surface area contributed by atoms with Gasteiger partial charge in [0.15, 0.2) is 0 Å². The molecule has 0 heterocycles. The molecule has 0 radical (unpaired) electrons. The maximum atomic E-state index is 12.7. The van der Waals surface area contributed by atoms with Gasteiger partial charge in [-0.05, 0) is 49.4 Å². The highest BCUT2D eigenvalue weighted by atomic mass is 19.4. The molecule has 0 aliphatic rings. The van der Waals surface area contributed by atoms with Crippen LogP contribution >= 0.6 is 0 Å². The molecule has 0 fully saturated rings. The molecule has 1 aromatic rings. The third-order valence-electron chi connectivity index (χ3n) is 2.68. The molecule has 1 rings (SSSR count). The van der Waals surface area contributed by atoms with Crippen LogP contribution in [0.4, 0.5) is 13.2 Å². The molecular weight excluding hydrogens is 227 g/mol. The number of halogens is 3. The standard InChI is InChI=1S/C13H18F3N/c1-3-10-6-11(5-4-9(2)17)8-12(7-10)13(14,15)16/h6-9H,3-5,17H2,1-2H3. The molecule has 1 nitrogen and oxygen atoms in total. The fraction of sp³-hybridized carbons (Fsp3) is 0.538. The second-order valence-corrected chi connectivity index (χ2v) is 4.41. The van der Waals surface area contributed by atoms with Crippen LogP contribution in [0.5, 0.6) is 0 Å². The molecule has 4 heteroatoms. The maximum Gasteiger partial charge on any atom is 0.416 e. The maximum absolute atomic E-state index is 12.7. The van der Waals surface area contributed by atoms with E-state index in [1.807, 2.05) is 19.9 Å². The second kappa shape index (κ2) is 5.54. The smallest absolute Gasteiger partial charge is 0.328 e. The predicted molar refractivity (Wildman–Crippen MR) is 62.8 cm³/mol. The summed E-state index contributed by atoms with van der Waals surface area (Å²) in [7, 11) is 0. The molecule has 0 aliphatic carbocycles. The Bertz CT molecular complexity index is 369. The molecule has 1 unspecified atom stereocenters. The molecule has 0 saturated carbocycles. The van der Waals surface area contributed by atoms with Crippen molar-refractivity contribution < 1.29 is 13.2 Å². The van der Waals surface area contributed by atoms with Crippen LogP contribution in [0.2, 0.25) is 0 Å². The van der Waals surface area contributed by atoms with Crippen molar-refractivity contribution in [3.63, 3.8) is 0 Å². The van der Waals surface area contributed by atoms with Crippen LogP contribution in [-0.4, -0.2) is 6.04 Å². The van der Waals surface area contributed by atoms with Gasteiger partial charge in [-0.3, -0.25) is 0 Å². The van der Waals surface area contributed by atoms with Crippen LogP contribution < -0.4 is 5.73 Å². The predicted octanol–water partition coefficient (Wildman–Crippen LogP) is 3.55. The Hall–Kier alpha value is -1.03. The van der Waals surface area contributed by atoms with Crippen LogP contribution in [0.1, 0.15) is 37.0 Å². The van der Waals surface area contributed by atoms with Crippen LogP contribution in [0.25, 0.3) is 0 Å². The van der Waals surface area contributed by atoms with Gasteiger partial charge in [-0.15, -0.1) is 0 Å². The lowest BCUT2D eigenvalue weighted by Crippen LogP contribution is -2.15. The van der Waals surface area contributed by atoms with Gasteiger partial charge in [0.25, 0.3) is 0 Å². The van der Waals surface area contributed by atoms with Crippen molar-refractivity contribution >= 4 is 0 Å². The van der Waals surface area contributed by atoms with E-state index < -0.39 is 11.7 Å². The summed E-state index contributed by atoms with van der Waals surface area (Å²) >= 11 is 0. The molecule has 0 aromatic heterocycles. The zero-order chi connectivity index (χ0) is 13.1. The first kappa shape index (κ1) is 14.0. The number of rotatable bonds is 4. The quantitative estimate of drug-likeness (QED) is 0.862. The van der Waals surface area contributed by atoms with Crippen molar-refractivity contribution in [3.05, 3.63) is 34.9 Å². The SMILES string of the molecule is CCc1cc(CCC(C)N)cc(C(F)(F)F)c1. The molecule has 17 heavy (non-hydrogen) atoms. The Morgan fingerprint density at radius 3 is 2.24 bits per heavy atom. The van der Waals surface area contributed by atoms with Gasteiger partial charge in [0.2, 0.25) is 0 Å². The number of alkyl halides is 3. The topological polar surface area (TPSA) is 26.0 Å². The summed E-state index contributed by atoms with van der Waals surface area (Å²) in [5.74, 6) is 0. The highest BCUT2D eigenvalue weighted by Gasteiger charge is 2.30. The summed E-state index contributed by atoms with van der Waals surface area (Å²) in [4.78, 5) is 0. The number of benzene rings is 1. The lowest BCUT2D eigenvalue weighted by Gasteiger charge is -2.12. The van der Waals surface area contributed by atoms with Crippen molar-refractivity contribution in [2.45, 2.75) is 45.3 Å². The van der Waals surface area contributed by atoms with E-state index in [9.17, 15) is 13.2 Å². The van der Waals surface area contributed by atoms with Crippen molar-refractivity contribution in [1.29, 1.82) is 0 Å². The first-order valence-electron chi connectivity index (χ1n) is 5.78. The van der Waals surface area contributed by atoms with E-state index >= 15 is 0 Å². The van der Waals surface area contributed by atoms with E-state index in [0.717, 1.165) is 5.56 Å². The fourth-order valence-corrected chi connectivity index (χ4v) is 1.67. The molecule has 0 aliphatic heterocycles. The Morgan fingerprint density at radius 1 is 1.18 bits per heavy atom. The molecule has 96 valence electrons. The van der Waals surface area contributed by atoms with Gasteiger partial charge in [0.1, 0.15) is 0 Å². The molecule has 1 atom stereocenters. The number of hydrogen-bond acceptors (Lipinski definition) is 1. The van der Waals surface area contributed by atoms with E-state index in [1.165, 1.54) is 12.1 Å². The third-order valence-corrected chi connectivity index (χ3v) is 2.68. The van der Waals surface area contributed by atoms with Gasteiger partial charge in [-0.25, -0.2) is 0 Å². The van der Waals surface area contributed by atoms with E-state index in [0.29, 0.717) is 24.8 Å². The molecular formula is C13H18F3N. The summed E-state index contributed by atoms with van der Waals surface area (Å²) in [6.45, 7) is 3.71. The monoisotopic (exact) mass is 245 g/mol. The number of aryl methyl sites for hydroxylation is 2. The van der Waals surface area contributed by atoms with E-state index in [4.69, 9.17) is 5.73 Å². The summed E-state index contributed by atoms with van der Waals surface area (Å²) < 4.78 is 38.0. The first-order valence-corrected chi connectivity index (χ1v) is 5.78. The van der Waals surface area contributed by atoms with Gasteiger partial charge in [0, 0.05) is 6.04 Å². The second-order valence-electron chi connectivity index (χ2n) is 4.41. The molecule has 0 bridgehead atoms. The molecule has 2 N–H and O–H groups in total. The van der Waals surface area contributed by atoms with Gasteiger partial charge in [0.05, 0.1) is 5.56 Å².